The van der Waals surface area contributed by atoms with E-state index in [0.29, 0.717) is 17.3 Å². The van der Waals surface area contributed by atoms with Crippen LogP contribution in [-0.2, 0) is 0 Å². The summed E-state index contributed by atoms with van der Waals surface area (Å²) in [4.78, 5) is 23.0. The monoisotopic (exact) mass is 407 g/mol. The number of aromatic amines is 1. The highest BCUT2D eigenvalue weighted by atomic mass is 16.5. The molecule has 1 saturated heterocycles. The Morgan fingerprint density at radius 3 is 2.80 bits per heavy atom. The summed E-state index contributed by atoms with van der Waals surface area (Å²) in [6.07, 6.45) is 7.40. The summed E-state index contributed by atoms with van der Waals surface area (Å²) in [5.41, 5.74) is 1.89. The number of para-hydroxylation sites is 1. The van der Waals surface area contributed by atoms with Gasteiger partial charge in [0, 0.05) is 12.5 Å². The molecule has 1 aromatic carbocycles. The maximum atomic E-state index is 12.7. The highest BCUT2D eigenvalue weighted by Crippen LogP contribution is 2.36. The number of nitrogens with zero attached hydrogens (tertiary/aromatic N) is 4. The Kier molecular flexibility index (Phi) is 5.06. The van der Waals surface area contributed by atoms with E-state index >= 15 is 0 Å². The van der Waals surface area contributed by atoms with E-state index < -0.39 is 0 Å². The number of likely N-dealkylation sites (tertiary alicyclic amines) is 1. The van der Waals surface area contributed by atoms with Crippen molar-refractivity contribution in [2.45, 2.75) is 57.0 Å². The Hall–Kier alpha value is -2.67. The number of hydrogen-bond acceptors (Lipinski definition) is 5. The Morgan fingerprint density at radius 2 is 2.00 bits per heavy atom. The molecule has 0 unspecified atom stereocenters. The van der Waals surface area contributed by atoms with Crippen LogP contribution < -0.4 is 10.3 Å². The largest absolute Gasteiger partial charge is 0.496 e. The number of fused-ring (bicyclic) bond motifs is 1. The van der Waals surface area contributed by atoms with Crippen LogP contribution in [0.3, 0.4) is 0 Å². The molecule has 2 aromatic heterocycles. The van der Waals surface area contributed by atoms with E-state index in [0.717, 1.165) is 49.6 Å². The van der Waals surface area contributed by atoms with Crippen LogP contribution in [0.15, 0.2) is 35.3 Å². The zero-order chi connectivity index (χ0) is 20.7. The molecule has 30 heavy (non-hydrogen) atoms. The fourth-order valence-corrected chi connectivity index (χ4v) is 5.14. The molecule has 3 aromatic rings. The highest BCUT2D eigenvalue weighted by molar-refractivity contribution is 5.73. The minimum Gasteiger partial charge on any atom is -0.496 e. The van der Waals surface area contributed by atoms with Gasteiger partial charge in [-0.3, -0.25) is 9.69 Å². The van der Waals surface area contributed by atoms with Gasteiger partial charge in [-0.2, -0.15) is 5.10 Å². The summed E-state index contributed by atoms with van der Waals surface area (Å²) in [6, 6.07) is 8.66. The van der Waals surface area contributed by atoms with Crippen molar-refractivity contribution in [3.63, 3.8) is 0 Å². The number of ether oxygens (including phenoxy) is 1. The Morgan fingerprint density at radius 1 is 1.20 bits per heavy atom. The van der Waals surface area contributed by atoms with Gasteiger partial charge >= 0.3 is 0 Å². The van der Waals surface area contributed by atoms with Crippen LogP contribution in [0.5, 0.6) is 5.75 Å². The molecule has 1 aliphatic heterocycles. The summed E-state index contributed by atoms with van der Waals surface area (Å²) in [5, 5.41) is 5.10. The van der Waals surface area contributed by atoms with Gasteiger partial charge in [0.2, 0.25) is 0 Å². The first-order valence-electron chi connectivity index (χ1n) is 11.0. The molecule has 1 aliphatic carbocycles. The second-order valence-electron chi connectivity index (χ2n) is 8.61. The Bertz CT molecular complexity index is 1100. The van der Waals surface area contributed by atoms with E-state index in [1.165, 1.54) is 18.4 Å². The van der Waals surface area contributed by atoms with Crippen molar-refractivity contribution in [1.29, 1.82) is 0 Å². The first-order chi connectivity index (χ1) is 14.7. The highest BCUT2D eigenvalue weighted by Gasteiger charge is 2.31. The zero-order valence-electron chi connectivity index (χ0n) is 17.7. The van der Waals surface area contributed by atoms with Crippen LogP contribution in [0.2, 0.25) is 0 Å². The minimum absolute atomic E-state index is 0.0359. The Labute approximate surface area is 176 Å². The lowest BCUT2D eigenvalue weighted by Gasteiger charge is -2.24. The second-order valence-corrected chi connectivity index (χ2v) is 8.61. The molecule has 5 rings (SSSR count). The molecule has 3 heterocycles. The third-order valence-corrected chi connectivity index (χ3v) is 6.89. The number of nitrogens with one attached hydrogen (secondary N) is 1. The summed E-state index contributed by atoms with van der Waals surface area (Å²) in [5.74, 6) is 2.10. The molecule has 0 radical (unpaired) electrons. The molecule has 0 bridgehead atoms. The molecule has 1 saturated carbocycles. The van der Waals surface area contributed by atoms with Crippen LogP contribution in [0.1, 0.15) is 68.4 Å². The predicted molar refractivity (Wildman–Crippen MR) is 116 cm³/mol. The van der Waals surface area contributed by atoms with Gasteiger partial charge in [0.05, 0.1) is 25.4 Å². The number of methoxy groups -OCH3 is 1. The third-order valence-electron chi connectivity index (χ3n) is 6.89. The van der Waals surface area contributed by atoms with Crippen molar-refractivity contribution in [3.8, 4) is 5.75 Å². The summed E-state index contributed by atoms with van der Waals surface area (Å²) < 4.78 is 7.55. The van der Waals surface area contributed by atoms with Gasteiger partial charge in [-0.15, -0.1) is 0 Å². The average Bonchev–Trinajstić information content (AvgIpc) is 3.53. The van der Waals surface area contributed by atoms with Gasteiger partial charge in [0.1, 0.15) is 17.0 Å². The van der Waals surface area contributed by atoms with E-state index in [1.54, 1.807) is 13.3 Å². The van der Waals surface area contributed by atoms with Crippen LogP contribution in [0, 0.1) is 0 Å². The molecule has 7 heteroatoms. The van der Waals surface area contributed by atoms with Crippen molar-refractivity contribution in [3.05, 3.63) is 52.2 Å². The fraction of sp³-hybridized carbons (Fsp3) is 0.522. The number of H-pyrrole nitrogens is 1. The first kappa shape index (κ1) is 19.3. The summed E-state index contributed by atoms with van der Waals surface area (Å²) in [7, 11) is 1.73. The molecule has 2 atom stereocenters. The molecular weight excluding hydrogens is 378 g/mol. The van der Waals surface area contributed by atoms with Gasteiger partial charge in [-0.1, -0.05) is 31.0 Å². The van der Waals surface area contributed by atoms with Crippen molar-refractivity contribution in [2.75, 3.05) is 20.2 Å². The van der Waals surface area contributed by atoms with Crippen LogP contribution >= 0.6 is 0 Å². The Balaban J connectivity index is 1.41. The van der Waals surface area contributed by atoms with Crippen molar-refractivity contribution in [2.24, 2.45) is 0 Å². The second kappa shape index (κ2) is 7.87. The zero-order valence-corrected chi connectivity index (χ0v) is 17.7. The maximum absolute atomic E-state index is 12.7. The number of benzene rings is 1. The number of aromatic nitrogens is 4. The normalized spacial score (nSPS) is 21.5. The number of hydrogen-bond donors (Lipinski definition) is 1. The molecule has 7 nitrogen and oxygen atoms in total. The van der Waals surface area contributed by atoms with Crippen molar-refractivity contribution < 1.29 is 4.74 Å². The molecule has 1 N–H and O–H groups in total. The standard InChI is InChI=1S/C23H29N5O2/c1-15(27-12-11-16(14-27)18-9-5-6-10-20(18)30-2)21-25-22-19(23(29)26-21)13-24-28(22)17-7-3-4-8-17/h5-6,9-10,13,15-17H,3-4,7-8,11-12,14H2,1-2H3,(H,25,26,29)/t15-,16+/m1/s1. The third kappa shape index (κ3) is 3.31. The van der Waals surface area contributed by atoms with Crippen molar-refractivity contribution >= 4 is 11.0 Å². The van der Waals surface area contributed by atoms with Gasteiger partial charge in [0.15, 0.2) is 5.65 Å². The summed E-state index contributed by atoms with van der Waals surface area (Å²) >= 11 is 0. The quantitative estimate of drug-likeness (QED) is 0.696. The lowest BCUT2D eigenvalue weighted by atomic mass is 9.97. The van der Waals surface area contributed by atoms with E-state index in [1.807, 2.05) is 16.8 Å². The number of rotatable bonds is 5. The van der Waals surface area contributed by atoms with E-state index in [2.05, 4.69) is 34.0 Å². The molecule has 2 aliphatic rings. The minimum atomic E-state index is -0.0911. The van der Waals surface area contributed by atoms with Gasteiger partial charge in [0.25, 0.3) is 5.56 Å². The van der Waals surface area contributed by atoms with Crippen LogP contribution in [0.4, 0.5) is 0 Å². The van der Waals surface area contributed by atoms with Gasteiger partial charge in [-0.25, -0.2) is 9.67 Å². The van der Waals surface area contributed by atoms with E-state index in [9.17, 15) is 4.79 Å². The maximum Gasteiger partial charge on any atom is 0.262 e. The van der Waals surface area contributed by atoms with Gasteiger partial charge in [-0.05, 0) is 44.4 Å². The molecule has 0 spiro atoms. The van der Waals surface area contributed by atoms with Crippen molar-refractivity contribution in [1.82, 2.24) is 24.6 Å². The molecule has 158 valence electrons. The van der Waals surface area contributed by atoms with Crippen LogP contribution in [0.25, 0.3) is 11.0 Å². The SMILES string of the molecule is COc1ccccc1[C@H]1CCN([C@H](C)c2nc3c(cnn3C3CCCC3)c(=O)[nH]2)C1. The van der Waals surface area contributed by atoms with E-state index in [4.69, 9.17) is 9.72 Å². The lowest BCUT2D eigenvalue weighted by Crippen LogP contribution is -2.28. The van der Waals surface area contributed by atoms with Gasteiger partial charge < -0.3 is 9.72 Å². The smallest absolute Gasteiger partial charge is 0.262 e. The first-order valence-corrected chi connectivity index (χ1v) is 11.0. The van der Waals surface area contributed by atoms with E-state index in [-0.39, 0.29) is 11.6 Å². The molecular formula is C23H29N5O2. The molecule has 0 amide bonds. The average molecular weight is 408 g/mol. The predicted octanol–water partition coefficient (Wildman–Crippen LogP) is 3.79. The molecule has 2 fully saturated rings. The van der Waals surface area contributed by atoms with Crippen LogP contribution in [-0.4, -0.2) is 44.8 Å². The lowest BCUT2D eigenvalue weighted by molar-refractivity contribution is 0.249. The topological polar surface area (TPSA) is 76.0 Å². The summed E-state index contributed by atoms with van der Waals surface area (Å²) in [6.45, 7) is 4.02. The fourth-order valence-electron chi connectivity index (χ4n) is 5.14.